The standard InChI is InChI=1S/C10H18N2O5S/c1-11(5-3-9(13)14)10(15)12-4-2-7-18(16,17)8-6-12/h2-8H2,1H3,(H,13,14). The molecule has 0 aliphatic carbocycles. The Kier molecular flexibility index (Phi) is 4.94. The van der Waals surface area contributed by atoms with Crippen LogP contribution in [0.2, 0.25) is 0 Å². The summed E-state index contributed by atoms with van der Waals surface area (Å²) in [6, 6.07) is -0.312. The highest BCUT2D eigenvalue weighted by atomic mass is 32.2. The monoisotopic (exact) mass is 278 g/mol. The van der Waals surface area contributed by atoms with E-state index >= 15 is 0 Å². The van der Waals surface area contributed by atoms with Crippen molar-refractivity contribution < 1.29 is 23.1 Å². The number of nitrogens with zero attached hydrogens (tertiary/aromatic N) is 2. The summed E-state index contributed by atoms with van der Waals surface area (Å²) in [6.07, 6.45) is 0.315. The minimum atomic E-state index is -3.04. The molecule has 0 unspecified atom stereocenters. The molecule has 8 heteroatoms. The first-order valence-corrected chi connectivity index (χ1v) is 7.56. The van der Waals surface area contributed by atoms with Gasteiger partial charge in [-0.15, -0.1) is 0 Å². The largest absolute Gasteiger partial charge is 0.481 e. The maximum absolute atomic E-state index is 11.9. The first-order chi connectivity index (χ1) is 8.32. The van der Waals surface area contributed by atoms with Crippen LogP contribution in [-0.2, 0) is 14.6 Å². The fourth-order valence-electron chi connectivity index (χ4n) is 1.73. The molecular formula is C10H18N2O5S. The minimum Gasteiger partial charge on any atom is -0.481 e. The zero-order chi connectivity index (χ0) is 13.8. The molecule has 7 nitrogen and oxygen atoms in total. The van der Waals surface area contributed by atoms with Crippen LogP contribution in [0.3, 0.4) is 0 Å². The van der Waals surface area contributed by atoms with Gasteiger partial charge in [0.25, 0.3) is 0 Å². The quantitative estimate of drug-likeness (QED) is 0.760. The number of hydrogen-bond donors (Lipinski definition) is 1. The lowest BCUT2D eigenvalue weighted by Gasteiger charge is -2.26. The number of carboxylic acids is 1. The summed E-state index contributed by atoms with van der Waals surface area (Å²) in [5, 5.41) is 8.54. The SMILES string of the molecule is CN(CCC(=O)O)C(=O)N1CCCS(=O)(=O)CC1. The molecule has 1 fully saturated rings. The lowest BCUT2D eigenvalue weighted by atomic mass is 10.4. The van der Waals surface area contributed by atoms with Crippen LogP contribution in [0.1, 0.15) is 12.8 Å². The molecule has 1 rings (SSSR count). The number of hydrogen-bond acceptors (Lipinski definition) is 4. The Balaban J connectivity index is 2.53. The van der Waals surface area contributed by atoms with Crippen LogP contribution < -0.4 is 0 Å². The molecule has 1 N–H and O–H groups in total. The lowest BCUT2D eigenvalue weighted by molar-refractivity contribution is -0.137. The van der Waals surface area contributed by atoms with E-state index in [0.29, 0.717) is 13.0 Å². The van der Waals surface area contributed by atoms with E-state index in [-0.39, 0.29) is 37.0 Å². The average molecular weight is 278 g/mol. The number of carboxylic acid groups (broad SMARTS) is 1. The van der Waals surface area contributed by atoms with Crippen molar-refractivity contribution in [2.75, 3.05) is 38.2 Å². The molecule has 1 saturated heterocycles. The van der Waals surface area contributed by atoms with Gasteiger partial charge in [-0.1, -0.05) is 0 Å². The molecule has 1 aliphatic rings. The Bertz CT molecular complexity index is 420. The zero-order valence-corrected chi connectivity index (χ0v) is 11.1. The number of carbonyl (C=O) groups is 2. The predicted molar refractivity (Wildman–Crippen MR) is 65.1 cm³/mol. The molecule has 0 atom stereocenters. The lowest BCUT2D eigenvalue weighted by Crippen LogP contribution is -2.43. The molecule has 104 valence electrons. The maximum atomic E-state index is 11.9. The Labute approximate surface area is 106 Å². The smallest absolute Gasteiger partial charge is 0.319 e. The summed E-state index contributed by atoms with van der Waals surface area (Å²) in [7, 11) is -1.53. The Hall–Kier alpha value is -1.31. The predicted octanol–water partition coefficient (Wildman–Crippen LogP) is -0.367. The zero-order valence-electron chi connectivity index (χ0n) is 10.3. The average Bonchev–Trinajstić information content (AvgIpc) is 2.46. The summed E-state index contributed by atoms with van der Waals surface area (Å²) in [6.45, 7) is 0.700. The van der Waals surface area contributed by atoms with E-state index in [1.54, 1.807) is 0 Å². The van der Waals surface area contributed by atoms with Crippen LogP contribution >= 0.6 is 0 Å². The molecule has 2 amide bonds. The molecule has 0 spiro atoms. The van der Waals surface area contributed by atoms with Crippen molar-refractivity contribution in [3.05, 3.63) is 0 Å². The molecule has 18 heavy (non-hydrogen) atoms. The van der Waals surface area contributed by atoms with Gasteiger partial charge in [-0.05, 0) is 6.42 Å². The van der Waals surface area contributed by atoms with Crippen LogP contribution in [0, 0.1) is 0 Å². The van der Waals surface area contributed by atoms with Gasteiger partial charge in [-0.2, -0.15) is 0 Å². The van der Waals surface area contributed by atoms with Crippen molar-refractivity contribution in [3.8, 4) is 0 Å². The third-order valence-corrected chi connectivity index (χ3v) is 4.53. The molecule has 0 radical (unpaired) electrons. The second-order valence-corrected chi connectivity index (χ2v) is 6.64. The van der Waals surface area contributed by atoms with Gasteiger partial charge in [-0.3, -0.25) is 4.79 Å². The van der Waals surface area contributed by atoms with Gasteiger partial charge in [0, 0.05) is 26.7 Å². The van der Waals surface area contributed by atoms with Crippen molar-refractivity contribution >= 4 is 21.8 Å². The van der Waals surface area contributed by atoms with Gasteiger partial charge in [0.05, 0.1) is 17.9 Å². The number of urea groups is 1. The van der Waals surface area contributed by atoms with Crippen LogP contribution in [0.25, 0.3) is 0 Å². The summed E-state index contributed by atoms with van der Waals surface area (Å²) in [4.78, 5) is 25.1. The van der Waals surface area contributed by atoms with E-state index in [9.17, 15) is 18.0 Å². The maximum Gasteiger partial charge on any atom is 0.319 e. The van der Waals surface area contributed by atoms with Crippen LogP contribution in [0.4, 0.5) is 4.79 Å². The van der Waals surface area contributed by atoms with Gasteiger partial charge in [0.1, 0.15) is 0 Å². The number of carbonyl (C=O) groups excluding carboxylic acids is 1. The highest BCUT2D eigenvalue weighted by Crippen LogP contribution is 2.07. The number of aliphatic carboxylic acids is 1. The summed E-state index contributed by atoms with van der Waals surface area (Å²) >= 11 is 0. The molecule has 0 aromatic carbocycles. The molecule has 0 aromatic heterocycles. The van der Waals surface area contributed by atoms with Gasteiger partial charge in [-0.25, -0.2) is 13.2 Å². The van der Waals surface area contributed by atoms with Crippen LogP contribution in [0.5, 0.6) is 0 Å². The molecule has 1 aliphatic heterocycles. The third-order valence-electron chi connectivity index (χ3n) is 2.81. The first kappa shape index (κ1) is 14.7. The van der Waals surface area contributed by atoms with Gasteiger partial charge < -0.3 is 14.9 Å². The fraction of sp³-hybridized carbons (Fsp3) is 0.800. The molecule has 0 bridgehead atoms. The summed E-state index contributed by atoms with van der Waals surface area (Å²) in [5.74, 6) is -0.880. The highest BCUT2D eigenvalue weighted by molar-refractivity contribution is 7.91. The van der Waals surface area contributed by atoms with Crippen molar-refractivity contribution in [2.45, 2.75) is 12.8 Å². The van der Waals surface area contributed by atoms with Crippen molar-refractivity contribution in [3.63, 3.8) is 0 Å². The Morgan fingerprint density at radius 1 is 1.28 bits per heavy atom. The molecule has 1 heterocycles. The Morgan fingerprint density at radius 2 is 1.94 bits per heavy atom. The fourth-order valence-corrected chi connectivity index (χ4v) is 3.00. The van der Waals surface area contributed by atoms with Gasteiger partial charge >= 0.3 is 12.0 Å². The van der Waals surface area contributed by atoms with E-state index in [2.05, 4.69) is 0 Å². The summed E-state index contributed by atoms with van der Waals surface area (Å²) in [5.41, 5.74) is 0. The topological polar surface area (TPSA) is 95.0 Å². The normalized spacial score (nSPS) is 19.1. The van der Waals surface area contributed by atoms with Crippen molar-refractivity contribution in [2.24, 2.45) is 0 Å². The van der Waals surface area contributed by atoms with E-state index in [0.717, 1.165) is 0 Å². The molecular weight excluding hydrogens is 260 g/mol. The van der Waals surface area contributed by atoms with E-state index < -0.39 is 15.8 Å². The van der Waals surface area contributed by atoms with E-state index in [1.807, 2.05) is 0 Å². The first-order valence-electron chi connectivity index (χ1n) is 5.74. The van der Waals surface area contributed by atoms with Gasteiger partial charge in [0.2, 0.25) is 0 Å². The van der Waals surface area contributed by atoms with Crippen molar-refractivity contribution in [1.82, 2.24) is 9.80 Å². The van der Waals surface area contributed by atoms with Crippen LogP contribution in [0.15, 0.2) is 0 Å². The third kappa shape index (κ3) is 4.52. The number of rotatable bonds is 3. The molecule has 0 aromatic rings. The number of sulfone groups is 1. The Morgan fingerprint density at radius 3 is 2.56 bits per heavy atom. The summed E-state index contributed by atoms with van der Waals surface area (Å²) < 4.78 is 22.8. The van der Waals surface area contributed by atoms with Crippen LogP contribution in [-0.4, -0.2) is 73.5 Å². The highest BCUT2D eigenvalue weighted by Gasteiger charge is 2.24. The minimum absolute atomic E-state index is 0.0223. The van der Waals surface area contributed by atoms with E-state index in [1.165, 1.54) is 16.8 Å². The second kappa shape index (κ2) is 6.03. The second-order valence-electron chi connectivity index (χ2n) is 4.34. The number of amides is 2. The van der Waals surface area contributed by atoms with Gasteiger partial charge in [0.15, 0.2) is 9.84 Å². The molecule has 0 saturated carbocycles. The van der Waals surface area contributed by atoms with E-state index in [4.69, 9.17) is 5.11 Å². The van der Waals surface area contributed by atoms with Crippen molar-refractivity contribution in [1.29, 1.82) is 0 Å².